The Morgan fingerprint density at radius 2 is 2.32 bits per heavy atom. The van der Waals surface area contributed by atoms with Gasteiger partial charge in [-0.05, 0) is 50.0 Å². The highest BCUT2D eigenvalue weighted by molar-refractivity contribution is 5.88. The van der Waals surface area contributed by atoms with Gasteiger partial charge < -0.3 is 14.6 Å². The smallest absolute Gasteiger partial charge is 0.224 e. The van der Waals surface area contributed by atoms with Gasteiger partial charge in [0.25, 0.3) is 0 Å². The zero-order valence-corrected chi connectivity index (χ0v) is 13.4. The van der Waals surface area contributed by atoms with Crippen LogP contribution in [-0.4, -0.2) is 37.5 Å². The first-order chi connectivity index (χ1) is 10.7. The van der Waals surface area contributed by atoms with Gasteiger partial charge in [-0.15, -0.1) is 0 Å². The van der Waals surface area contributed by atoms with E-state index in [-0.39, 0.29) is 5.91 Å². The van der Waals surface area contributed by atoms with Crippen molar-refractivity contribution in [3.8, 4) is 0 Å². The number of likely N-dealkylation sites (tertiary alicyclic amines) is 1. The van der Waals surface area contributed by atoms with Crippen LogP contribution in [0.1, 0.15) is 24.5 Å². The molecule has 22 heavy (non-hydrogen) atoms. The van der Waals surface area contributed by atoms with E-state index in [2.05, 4.69) is 36.3 Å². The first kappa shape index (κ1) is 15.1. The second-order valence-corrected chi connectivity index (χ2v) is 6.34. The van der Waals surface area contributed by atoms with Gasteiger partial charge in [0.2, 0.25) is 5.91 Å². The van der Waals surface area contributed by atoms with Crippen LogP contribution in [0, 0.1) is 5.92 Å². The molecule has 1 saturated heterocycles. The van der Waals surface area contributed by atoms with Crippen LogP contribution in [0.4, 0.5) is 0 Å². The lowest BCUT2D eigenvalue weighted by molar-refractivity contribution is -0.120. The standard InChI is InChI=1S/C18H24N2O2/c1-3-13-4-5-17-16(8-13)15(12-22-17)9-18(21)19-10-14-6-7-20(2)11-14/h4-5,8,12,14H,3,6-7,9-11H2,1-2H3,(H,19,21). The fourth-order valence-electron chi connectivity index (χ4n) is 3.17. The quantitative estimate of drug-likeness (QED) is 0.923. The number of carbonyl (C=O) groups is 1. The van der Waals surface area contributed by atoms with Crippen molar-refractivity contribution in [3.05, 3.63) is 35.6 Å². The Labute approximate surface area is 131 Å². The highest BCUT2D eigenvalue weighted by Crippen LogP contribution is 2.23. The van der Waals surface area contributed by atoms with E-state index in [1.807, 2.05) is 6.07 Å². The van der Waals surface area contributed by atoms with E-state index in [0.717, 1.165) is 42.6 Å². The number of rotatable bonds is 5. The summed E-state index contributed by atoms with van der Waals surface area (Å²) in [5.41, 5.74) is 3.10. The molecule has 0 radical (unpaired) electrons. The molecule has 0 saturated carbocycles. The second kappa shape index (κ2) is 6.53. The number of hydrogen-bond acceptors (Lipinski definition) is 3. The molecule has 1 atom stereocenters. The van der Waals surface area contributed by atoms with Crippen molar-refractivity contribution in [1.29, 1.82) is 0 Å². The van der Waals surface area contributed by atoms with Crippen molar-refractivity contribution in [2.45, 2.75) is 26.2 Å². The van der Waals surface area contributed by atoms with Gasteiger partial charge in [0, 0.05) is 24.0 Å². The van der Waals surface area contributed by atoms with Gasteiger partial charge in [0.1, 0.15) is 5.58 Å². The Bertz CT molecular complexity index is 662. The monoisotopic (exact) mass is 300 g/mol. The topological polar surface area (TPSA) is 45.5 Å². The highest BCUT2D eigenvalue weighted by atomic mass is 16.3. The number of nitrogens with one attached hydrogen (secondary N) is 1. The number of hydrogen-bond donors (Lipinski definition) is 1. The first-order valence-electron chi connectivity index (χ1n) is 8.10. The molecule has 2 aromatic rings. The largest absolute Gasteiger partial charge is 0.464 e. The van der Waals surface area contributed by atoms with Gasteiger partial charge in [-0.25, -0.2) is 0 Å². The summed E-state index contributed by atoms with van der Waals surface area (Å²) in [6, 6.07) is 6.20. The van der Waals surface area contributed by atoms with Crippen LogP contribution in [0.5, 0.6) is 0 Å². The molecular weight excluding hydrogens is 276 g/mol. The summed E-state index contributed by atoms with van der Waals surface area (Å²) in [5, 5.41) is 4.13. The minimum Gasteiger partial charge on any atom is -0.464 e. The van der Waals surface area contributed by atoms with Crippen LogP contribution >= 0.6 is 0 Å². The SMILES string of the molecule is CCc1ccc2occ(CC(=O)NCC3CCN(C)C3)c2c1. The molecule has 2 heterocycles. The molecule has 3 rings (SSSR count). The summed E-state index contributed by atoms with van der Waals surface area (Å²) < 4.78 is 5.55. The van der Waals surface area contributed by atoms with Crippen LogP contribution in [-0.2, 0) is 17.6 Å². The van der Waals surface area contributed by atoms with Crippen LogP contribution < -0.4 is 5.32 Å². The molecule has 1 unspecified atom stereocenters. The predicted molar refractivity (Wildman–Crippen MR) is 87.9 cm³/mol. The van der Waals surface area contributed by atoms with E-state index in [1.54, 1.807) is 6.26 Å². The summed E-state index contributed by atoms with van der Waals surface area (Å²) in [5.74, 6) is 0.667. The maximum absolute atomic E-state index is 12.2. The molecule has 0 aliphatic carbocycles. The average molecular weight is 300 g/mol. The number of fused-ring (bicyclic) bond motifs is 1. The molecule has 1 amide bonds. The summed E-state index contributed by atoms with van der Waals surface area (Å²) in [7, 11) is 2.13. The van der Waals surface area contributed by atoms with Gasteiger partial charge in [-0.1, -0.05) is 13.0 Å². The maximum Gasteiger partial charge on any atom is 0.224 e. The molecule has 1 aromatic carbocycles. The second-order valence-electron chi connectivity index (χ2n) is 6.34. The molecule has 4 nitrogen and oxygen atoms in total. The number of furan rings is 1. The Kier molecular flexibility index (Phi) is 4.48. The summed E-state index contributed by atoms with van der Waals surface area (Å²) in [6.45, 7) is 5.12. The number of aryl methyl sites for hydroxylation is 1. The highest BCUT2D eigenvalue weighted by Gasteiger charge is 2.20. The van der Waals surface area contributed by atoms with Crippen molar-refractivity contribution in [1.82, 2.24) is 10.2 Å². The van der Waals surface area contributed by atoms with Gasteiger partial charge in [0.15, 0.2) is 0 Å². The third-order valence-electron chi connectivity index (χ3n) is 4.55. The molecule has 1 fully saturated rings. The molecule has 1 aliphatic rings. The van der Waals surface area contributed by atoms with E-state index in [1.165, 1.54) is 12.0 Å². The van der Waals surface area contributed by atoms with E-state index < -0.39 is 0 Å². The fourth-order valence-corrected chi connectivity index (χ4v) is 3.17. The molecular formula is C18H24N2O2. The van der Waals surface area contributed by atoms with E-state index in [0.29, 0.717) is 12.3 Å². The Balaban J connectivity index is 1.61. The third-order valence-corrected chi connectivity index (χ3v) is 4.55. The maximum atomic E-state index is 12.2. The van der Waals surface area contributed by atoms with Crippen molar-refractivity contribution in [2.75, 3.05) is 26.7 Å². The molecule has 118 valence electrons. The lowest BCUT2D eigenvalue weighted by Gasteiger charge is -2.11. The van der Waals surface area contributed by atoms with Crippen LogP contribution in [0.2, 0.25) is 0 Å². The van der Waals surface area contributed by atoms with Gasteiger partial charge >= 0.3 is 0 Å². The minimum absolute atomic E-state index is 0.0826. The van der Waals surface area contributed by atoms with Gasteiger partial charge in [-0.3, -0.25) is 4.79 Å². The minimum atomic E-state index is 0.0826. The number of amides is 1. The Morgan fingerprint density at radius 3 is 3.05 bits per heavy atom. The van der Waals surface area contributed by atoms with Crippen LogP contribution in [0.3, 0.4) is 0 Å². The van der Waals surface area contributed by atoms with E-state index in [9.17, 15) is 4.79 Å². The molecule has 0 bridgehead atoms. The summed E-state index contributed by atoms with van der Waals surface area (Å²) in [6.07, 6.45) is 4.27. The van der Waals surface area contributed by atoms with Crippen molar-refractivity contribution < 1.29 is 9.21 Å². The van der Waals surface area contributed by atoms with E-state index in [4.69, 9.17) is 4.42 Å². The van der Waals surface area contributed by atoms with Crippen LogP contribution in [0.25, 0.3) is 11.0 Å². The van der Waals surface area contributed by atoms with Crippen LogP contribution in [0.15, 0.2) is 28.9 Å². The third kappa shape index (κ3) is 3.33. The Morgan fingerprint density at radius 1 is 1.45 bits per heavy atom. The lowest BCUT2D eigenvalue weighted by Crippen LogP contribution is -2.31. The zero-order chi connectivity index (χ0) is 15.5. The van der Waals surface area contributed by atoms with Gasteiger partial charge in [0.05, 0.1) is 12.7 Å². The normalized spacial score (nSPS) is 18.9. The molecule has 1 aromatic heterocycles. The number of nitrogens with zero attached hydrogens (tertiary/aromatic N) is 1. The molecule has 1 aliphatic heterocycles. The fraction of sp³-hybridized carbons (Fsp3) is 0.500. The van der Waals surface area contributed by atoms with Gasteiger partial charge in [-0.2, -0.15) is 0 Å². The Hall–Kier alpha value is -1.81. The molecule has 0 spiro atoms. The lowest BCUT2D eigenvalue weighted by atomic mass is 10.1. The predicted octanol–water partition coefficient (Wildman–Crippen LogP) is 2.61. The first-order valence-corrected chi connectivity index (χ1v) is 8.10. The average Bonchev–Trinajstić information content (AvgIpc) is 3.11. The molecule has 4 heteroatoms. The van der Waals surface area contributed by atoms with Crippen molar-refractivity contribution in [3.63, 3.8) is 0 Å². The van der Waals surface area contributed by atoms with E-state index >= 15 is 0 Å². The summed E-state index contributed by atoms with van der Waals surface area (Å²) in [4.78, 5) is 14.5. The number of benzene rings is 1. The van der Waals surface area contributed by atoms with Crippen molar-refractivity contribution in [2.24, 2.45) is 5.92 Å². The number of carbonyl (C=O) groups excluding carboxylic acids is 1. The summed E-state index contributed by atoms with van der Waals surface area (Å²) >= 11 is 0. The van der Waals surface area contributed by atoms with Crippen molar-refractivity contribution >= 4 is 16.9 Å². The molecule has 1 N–H and O–H groups in total. The zero-order valence-electron chi connectivity index (χ0n) is 13.4.